The van der Waals surface area contributed by atoms with E-state index in [2.05, 4.69) is 10.6 Å². The molecule has 0 radical (unpaired) electrons. The molecule has 0 atom stereocenters. The normalized spacial score (nSPS) is 14.8. The number of nitrogens with one attached hydrogen (secondary N) is 2. The van der Waals surface area contributed by atoms with E-state index in [0.717, 1.165) is 4.90 Å². The molecule has 2 aliphatic rings. The molecule has 0 unspecified atom stereocenters. The van der Waals surface area contributed by atoms with E-state index in [1.165, 1.54) is 34.5 Å². The molecule has 2 aromatic rings. The fourth-order valence-electron chi connectivity index (χ4n) is 3.89. The van der Waals surface area contributed by atoms with E-state index < -0.39 is 36.1 Å². The third kappa shape index (κ3) is 5.05. The Labute approximate surface area is 199 Å². The number of hydrogen-bond donors (Lipinski definition) is 2. The third-order valence-electron chi connectivity index (χ3n) is 5.59. The lowest BCUT2D eigenvalue weighted by molar-refractivity contribution is -0.157. The van der Waals surface area contributed by atoms with Crippen LogP contribution in [0.15, 0.2) is 47.1 Å². The summed E-state index contributed by atoms with van der Waals surface area (Å²) in [4.78, 5) is 74.9. The molecule has 0 spiro atoms. The Morgan fingerprint density at radius 2 is 1.51 bits per heavy atom. The van der Waals surface area contributed by atoms with E-state index in [4.69, 9.17) is 4.42 Å². The molecule has 0 bridgehead atoms. The lowest BCUT2D eigenvalue weighted by Crippen LogP contribution is -2.49. The van der Waals surface area contributed by atoms with Gasteiger partial charge in [0, 0.05) is 26.1 Å². The van der Waals surface area contributed by atoms with Crippen molar-refractivity contribution >= 4 is 35.4 Å². The molecule has 1 aromatic carbocycles. The standard InChI is InChI=1S/C23H23N5O7/c29-18(14-26-22(33)15-5-1-2-6-16(15)23(26)34)24-9-8-19(30)27-10-4-11-28(27)20(31)13-25-21(32)17-7-3-12-35-17/h1-3,5-7,12H,4,8-11,13-14H2,(H,24,29)(H,25,32). The van der Waals surface area contributed by atoms with Gasteiger partial charge in [0.2, 0.25) is 11.8 Å². The van der Waals surface area contributed by atoms with Crippen LogP contribution in [0.4, 0.5) is 0 Å². The van der Waals surface area contributed by atoms with Crippen LogP contribution in [0.25, 0.3) is 0 Å². The number of carbonyl (C=O) groups is 6. The second-order valence-electron chi connectivity index (χ2n) is 7.89. The fourth-order valence-corrected chi connectivity index (χ4v) is 3.89. The number of furan rings is 1. The van der Waals surface area contributed by atoms with Crippen LogP contribution in [0.3, 0.4) is 0 Å². The largest absolute Gasteiger partial charge is 0.459 e. The monoisotopic (exact) mass is 481 g/mol. The van der Waals surface area contributed by atoms with E-state index in [-0.39, 0.29) is 42.3 Å². The topological polar surface area (TPSA) is 149 Å². The average molecular weight is 481 g/mol. The molecular formula is C23H23N5O7. The van der Waals surface area contributed by atoms with E-state index >= 15 is 0 Å². The Kier molecular flexibility index (Phi) is 6.90. The summed E-state index contributed by atoms with van der Waals surface area (Å²) in [6.45, 7) is -0.133. The highest BCUT2D eigenvalue weighted by molar-refractivity contribution is 6.22. The molecule has 12 heteroatoms. The van der Waals surface area contributed by atoms with Crippen LogP contribution in [0.1, 0.15) is 44.1 Å². The van der Waals surface area contributed by atoms with Gasteiger partial charge in [-0.2, -0.15) is 0 Å². The number of hydrazine groups is 1. The van der Waals surface area contributed by atoms with Gasteiger partial charge >= 0.3 is 0 Å². The molecular weight excluding hydrogens is 458 g/mol. The molecule has 6 amide bonds. The van der Waals surface area contributed by atoms with Crippen molar-refractivity contribution in [1.82, 2.24) is 25.6 Å². The molecule has 182 valence electrons. The van der Waals surface area contributed by atoms with E-state index in [1.54, 1.807) is 18.2 Å². The number of rotatable bonds is 8. The number of carbonyl (C=O) groups excluding carboxylic acids is 6. The first-order valence-electron chi connectivity index (χ1n) is 11.0. The van der Waals surface area contributed by atoms with Crippen LogP contribution in [-0.2, 0) is 14.4 Å². The van der Waals surface area contributed by atoms with Crippen molar-refractivity contribution in [2.75, 3.05) is 32.7 Å². The van der Waals surface area contributed by atoms with Gasteiger partial charge in [-0.1, -0.05) is 12.1 Å². The minimum Gasteiger partial charge on any atom is -0.459 e. The van der Waals surface area contributed by atoms with Gasteiger partial charge in [-0.25, -0.2) is 5.01 Å². The number of benzene rings is 1. The maximum absolute atomic E-state index is 12.6. The summed E-state index contributed by atoms with van der Waals surface area (Å²) in [5.41, 5.74) is 0.499. The lowest BCUT2D eigenvalue weighted by Gasteiger charge is -2.28. The molecule has 1 saturated heterocycles. The maximum atomic E-state index is 12.6. The molecule has 2 aliphatic heterocycles. The average Bonchev–Trinajstić information content (AvgIpc) is 3.61. The molecule has 3 heterocycles. The minimum atomic E-state index is -0.581. The summed E-state index contributed by atoms with van der Waals surface area (Å²) in [5, 5.41) is 7.54. The summed E-state index contributed by atoms with van der Waals surface area (Å²) in [7, 11) is 0. The minimum absolute atomic E-state index is 0.0331. The van der Waals surface area contributed by atoms with Gasteiger partial charge in [-0.3, -0.25) is 38.7 Å². The van der Waals surface area contributed by atoms with Gasteiger partial charge < -0.3 is 15.1 Å². The summed E-state index contributed by atoms with van der Waals surface area (Å²) in [6, 6.07) is 9.34. The number of imide groups is 1. The first kappa shape index (κ1) is 23.7. The SMILES string of the molecule is O=C(CN1C(=O)c2ccccc2C1=O)NCCC(=O)N1CCCN1C(=O)CNC(=O)c1ccco1. The Hall–Kier alpha value is -4.48. The molecule has 1 fully saturated rings. The van der Waals surface area contributed by atoms with Crippen LogP contribution in [0.5, 0.6) is 0 Å². The highest BCUT2D eigenvalue weighted by atomic mass is 16.3. The van der Waals surface area contributed by atoms with Crippen molar-refractivity contribution in [2.45, 2.75) is 12.8 Å². The smallest absolute Gasteiger partial charge is 0.287 e. The molecule has 1 aromatic heterocycles. The highest BCUT2D eigenvalue weighted by Crippen LogP contribution is 2.21. The van der Waals surface area contributed by atoms with Crippen LogP contribution >= 0.6 is 0 Å². The molecule has 35 heavy (non-hydrogen) atoms. The Morgan fingerprint density at radius 3 is 2.14 bits per heavy atom. The second kappa shape index (κ2) is 10.2. The van der Waals surface area contributed by atoms with E-state index in [0.29, 0.717) is 19.5 Å². The summed E-state index contributed by atoms with van der Waals surface area (Å²) >= 11 is 0. The van der Waals surface area contributed by atoms with Crippen LogP contribution in [0, 0.1) is 0 Å². The predicted molar refractivity (Wildman–Crippen MR) is 119 cm³/mol. The molecule has 0 aliphatic carbocycles. The number of hydrogen-bond acceptors (Lipinski definition) is 7. The molecule has 4 rings (SSSR count). The first-order chi connectivity index (χ1) is 16.9. The molecule has 2 N–H and O–H groups in total. The zero-order valence-corrected chi connectivity index (χ0v) is 18.7. The molecule has 0 saturated carbocycles. The quantitative estimate of drug-likeness (QED) is 0.495. The van der Waals surface area contributed by atoms with E-state index in [9.17, 15) is 28.8 Å². The predicted octanol–water partition coefficient (Wildman–Crippen LogP) is -0.212. The third-order valence-corrected chi connectivity index (χ3v) is 5.59. The summed E-state index contributed by atoms with van der Waals surface area (Å²) in [5.74, 6) is -2.96. The lowest BCUT2D eigenvalue weighted by atomic mass is 10.1. The zero-order chi connectivity index (χ0) is 24.9. The van der Waals surface area contributed by atoms with Gasteiger partial charge in [0.15, 0.2) is 5.76 Å². The van der Waals surface area contributed by atoms with Gasteiger partial charge in [-0.15, -0.1) is 0 Å². The van der Waals surface area contributed by atoms with Crippen molar-refractivity contribution in [2.24, 2.45) is 0 Å². The second-order valence-corrected chi connectivity index (χ2v) is 7.89. The van der Waals surface area contributed by atoms with Gasteiger partial charge in [-0.05, 0) is 30.7 Å². The zero-order valence-electron chi connectivity index (χ0n) is 18.7. The van der Waals surface area contributed by atoms with Crippen molar-refractivity contribution in [3.05, 3.63) is 59.5 Å². The van der Waals surface area contributed by atoms with Crippen LogP contribution in [-0.4, -0.2) is 83.1 Å². The van der Waals surface area contributed by atoms with Crippen molar-refractivity contribution in [3.63, 3.8) is 0 Å². The maximum Gasteiger partial charge on any atom is 0.287 e. The highest BCUT2D eigenvalue weighted by Gasteiger charge is 2.36. The van der Waals surface area contributed by atoms with Crippen LogP contribution < -0.4 is 10.6 Å². The van der Waals surface area contributed by atoms with Gasteiger partial charge in [0.1, 0.15) is 6.54 Å². The Bertz CT molecular complexity index is 1140. The number of amides is 6. The number of nitrogens with zero attached hydrogens (tertiary/aromatic N) is 3. The van der Waals surface area contributed by atoms with Gasteiger partial charge in [0.25, 0.3) is 23.6 Å². The van der Waals surface area contributed by atoms with Crippen LogP contribution in [0.2, 0.25) is 0 Å². The Morgan fingerprint density at radius 1 is 0.857 bits per heavy atom. The summed E-state index contributed by atoms with van der Waals surface area (Å²) in [6.07, 6.45) is 1.84. The Balaban J connectivity index is 1.22. The van der Waals surface area contributed by atoms with Crippen molar-refractivity contribution in [1.29, 1.82) is 0 Å². The van der Waals surface area contributed by atoms with Crippen molar-refractivity contribution in [3.8, 4) is 0 Å². The molecule has 12 nitrogen and oxygen atoms in total. The first-order valence-corrected chi connectivity index (χ1v) is 11.0. The van der Waals surface area contributed by atoms with E-state index in [1.807, 2.05) is 0 Å². The van der Waals surface area contributed by atoms with Gasteiger partial charge in [0.05, 0.1) is 23.9 Å². The van der Waals surface area contributed by atoms with Crippen molar-refractivity contribution < 1.29 is 33.2 Å². The number of fused-ring (bicyclic) bond motifs is 1. The summed E-state index contributed by atoms with van der Waals surface area (Å²) < 4.78 is 4.97. The fraction of sp³-hybridized carbons (Fsp3) is 0.304.